The first kappa shape index (κ1) is 17.3. The first-order chi connectivity index (χ1) is 11.1. The molecule has 0 radical (unpaired) electrons. The maximum Gasteiger partial charge on any atom is 0.123 e. The van der Waals surface area contributed by atoms with E-state index in [-0.39, 0.29) is 12.5 Å². The number of ether oxygens (including phenoxy) is 1. The van der Waals surface area contributed by atoms with Gasteiger partial charge in [0.2, 0.25) is 0 Å². The molecule has 0 bridgehead atoms. The first-order valence-electron chi connectivity index (χ1n) is 8.11. The smallest absolute Gasteiger partial charge is 0.123 e. The molecule has 23 heavy (non-hydrogen) atoms. The van der Waals surface area contributed by atoms with E-state index in [1.54, 1.807) is 0 Å². The first-order valence-corrected chi connectivity index (χ1v) is 8.11. The summed E-state index contributed by atoms with van der Waals surface area (Å²) in [7, 11) is 0. The molecule has 1 unspecified atom stereocenters. The largest absolute Gasteiger partial charge is 0.489 e. The predicted molar refractivity (Wildman–Crippen MR) is 95.8 cm³/mol. The molecule has 0 aliphatic rings. The molecular formula is C21H26O2. The molecule has 2 nitrogen and oxygen atoms in total. The van der Waals surface area contributed by atoms with Crippen molar-refractivity contribution in [1.82, 2.24) is 0 Å². The molecular weight excluding hydrogens is 284 g/mol. The number of aliphatic hydroxyl groups excluding tert-OH is 1. The Labute approximate surface area is 139 Å². The second-order valence-corrected chi connectivity index (χ2v) is 6.21. The van der Waals surface area contributed by atoms with Crippen LogP contribution in [0.25, 0.3) is 0 Å². The van der Waals surface area contributed by atoms with Gasteiger partial charge in [-0.15, -0.1) is 0 Å². The molecule has 0 saturated carbocycles. The standard InChI is InChI=1S/C21H26O2/c1-16(2)9-11-19(14-22)20-12-10-17(3)13-21(20)23-15-18-7-5-4-6-8-18/h4-10,12-13,19,22H,11,14-15H2,1-3H3. The minimum absolute atomic E-state index is 0.0660. The molecule has 122 valence electrons. The van der Waals surface area contributed by atoms with Gasteiger partial charge in [-0.3, -0.25) is 0 Å². The van der Waals surface area contributed by atoms with Gasteiger partial charge >= 0.3 is 0 Å². The highest BCUT2D eigenvalue weighted by Crippen LogP contribution is 2.31. The summed E-state index contributed by atoms with van der Waals surface area (Å²) < 4.78 is 6.06. The van der Waals surface area contributed by atoms with Crippen molar-refractivity contribution in [2.45, 2.75) is 39.7 Å². The van der Waals surface area contributed by atoms with Crippen LogP contribution in [-0.4, -0.2) is 11.7 Å². The number of benzene rings is 2. The van der Waals surface area contributed by atoms with Gasteiger partial charge < -0.3 is 9.84 Å². The average molecular weight is 310 g/mol. The van der Waals surface area contributed by atoms with Crippen LogP contribution in [-0.2, 0) is 6.61 Å². The maximum atomic E-state index is 9.79. The number of rotatable bonds is 7. The zero-order valence-corrected chi connectivity index (χ0v) is 14.3. The lowest BCUT2D eigenvalue weighted by molar-refractivity contribution is 0.255. The third kappa shape index (κ3) is 5.26. The molecule has 2 aromatic rings. The van der Waals surface area contributed by atoms with Crippen molar-refractivity contribution in [2.24, 2.45) is 0 Å². The second kappa shape index (κ2) is 8.54. The lowest BCUT2D eigenvalue weighted by atomic mass is 9.94. The Morgan fingerprint density at radius 3 is 2.52 bits per heavy atom. The summed E-state index contributed by atoms with van der Waals surface area (Å²) in [5.41, 5.74) is 4.65. The fourth-order valence-electron chi connectivity index (χ4n) is 2.52. The SMILES string of the molecule is CC(C)=CCC(CO)c1ccc(C)cc1OCc1ccccc1. The van der Waals surface area contributed by atoms with Crippen LogP contribution in [0.3, 0.4) is 0 Å². The van der Waals surface area contributed by atoms with E-state index in [4.69, 9.17) is 4.74 Å². The number of aryl methyl sites for hydroxylation is 1. The van der Waals surface area contributed by atoms with Crippen LogP contribution in [0.1, 0.15) is 42.9 Å². The molecule has 2 heteroatoms. The normalized spacial score (nSPS) is 11.8. The Morgan fingerprint density at radius 2 is 1.87 bits per heavy atom. The fraction of sp³-hybridized carbons (Fsp3) is 0.333. The van der Waals surface area contributed by atoms with E-state index in [1.807, 2.05) is 18.2 Å². The van der Waals surface area contributed by atoms with E-state index in [9.17, 15) is 5.11 Å². The Bertz CT molecular complexity index is 640. The zero-order chi connectivity index (χ0) is 16.7. The van der Waals surface area contributed by atoms with Crippen LogP contribution in [0.2, 0.25) is 0 Å². The van der Waals surface area contributed by atoms with Crippen molar-refractivity contribution in [3.63, 3.8) is 0 Å². The molecule has 0 fully saturated rings. The van der Waals surface area contributed by atoms with E-state index in [2.05, 4.69) is 57.2 Å². The summed E-state index contributed by atoms with van der Waals surface area (Å²) in [6.07, 6.45) is 2.99. The summed E-state index contributed by atoms with van der Waals surface area (Å²) >= 11 is 0. The summed E-state index contributed by atoms with van der Waals surface area (Å²) in [4.78, 5) is 0. The molecule has 0 heterocycles. The topological polar surface area (TPSA) is 29.5 Å². The Morgan fingerprint density at radius 1 is 1.13 bits per heavy atom. The molecule has 0 aliphatic carbocycles. The highest BCUT2D eigenvalue weighted by atomic mass is 16.5. The minimum atomic E-state index is 0.0660. The number of aliphatic hydroxyl groups is 1. The van der Waals surface area contributed by atoms with Gasteiger partial charge in [0.1, 0.15) is 12.4 Å². The molecule has 0 amide bonds. The van der Waals surface area contributed by atoms with Gasteiger partial charge in [-0.05, 0) is 49.9 Å². The maximum absolute atomic E-state index is 9.79. The van der Waals surface area contributed by atoms with Crippen LogP contribution in [0, 0.1) is 6.92 Å². The van der Waals surface area contributed by atoms with Gasteiger partial charge in [-0.25, -0.2) is 0 Å². The fourth-order valence-corrected chi connectivity index (χ4v) is 2.52. The highest BCUT2D eigenvalue weighted by molar-refractivity contribution is 5.40. The predicted octanol–water partition coefficient (Wildman–Crippen LogP) is 5.01. The number of hydrogen-bond donors (Lipinski definition) is 1. The van der Waals surface area contributed by atoms with Crippen molar-refractivity contribution in [2.75, 3.05) is 6.61 Å². The van der Waals surface area contributed by atoms with Crippen molar-refractivity contribution >= 4 is 0 Å². The lowest BCUT2D eigenvalue weighted by Crippen LogP contribution is -2.07. The average Bonchev–Trinajstić information content (AvgIpc) is 2.55. The van der Waals surface area contributed by atoms with Gasteiger partial charge in [0, 0.05) is 5.92 Å². The van der Waals surface area contributed by atoms with Crippen LogP contribution in [0.15, 0.2) is 60.2 Å². The Hall–Kier alpha value is -2.06. The van der Waals surface area contributed by atoms with Crippen LogP contribution < -0.4 is 4.74 Å². The van der Waals surface area contributed by atoms with Gasteiger partial charge in [0.25, 0.3) is 0 Å². The molecule has 1 atom stereocenters. The molecule has 0 aliphatic heterocycles. The molecule has 0 spiro atoms. The second-order valence-electron chi connectivity index (χ2n) is 6.21. The minimum Gasteiger partial charge on any atom is -0.489 e. The number of hydrogen-bond acceptors (Lipinski definition) is 2. The van der Waals surface area contributed by atoms with Crippen LogP contribution in [0.4, 0.5) is 0 Å². The summed E-state index contributed by atoms with van der Waals surface area (Å²) in [6, 6.07) is 16.4. The summed E-state index contributed by atoms with van der Waals surface area (Å²) in [6.45, 7) is 6.88. The molecule has 2 rings (SSSR count). The Balaban J connectivity index is 2.20. The molecule has 0 aromatic heterocycles. The molecule has 1 N–H and O–H groups in total. The van der Waals surface area contributed by atoms with E-state index >= 15 is 0 Å². The van der Waals surface area contributed by atoms with Crippen molar-refractivity contribution < 1.29 is 9.84 Å². The highest BCUT2D eigenvalue weighted by Gasteiger charge is 2.15. The van der Waals surface area contributed by atoms with Gasteiger partial charge in [-0.1, -0.05) is 54.1 Å². The van der Waals surface area contributed by atoms with E-state index in [0.29, 0.717) is 6.61 Å². The summed E-state index contributed by atoms with van der Waals surface area (Å²) in [5, 5.41) is 9.79. The van der Waals surface area contributed by atoms with Crippen molar-refractivity contribution in [3.8, 4) is 5.75 Å². The van der Waals surface area contributed by atoms with Crippen LogP contribution >= 0.6 is 0 Å². The lowest BCUT2D eigenvalue weighted by Gasteiger charge is -2.19. The van der Waals surface area contributed by atoms with Crippen LogP contribution in [0.5, 0.6) is 5.75 Å². The number of allylic oxidation sites excluding steroid dienone is 2. The molecule has 2 aromatic carbocycles. The van der Waals surface area contributed by atoms with E-state index in [1.165, 1.54) is 5.57 Å². The molecule has 0 saturated heterocycles. The third-order valence-electron chi connectivity index (χ3n) is 3.88. The van der Waals surface area contributed by atoms with E-state index in [0.717, 1.165) is 28.9 Å². The Kier molecular flexibility index (Phi) is 6.42. The third-order valence-corrected chi connectivity index (χ3v) is 3.88. The van der Waals surface area contributed by atoms with E-state index < -0.39 is 0 Å². The van der Waals surface area contributed by atoms with Gasteiger partial charge in [-0.2, -0.15) is 0 Å². The summed E-state index contributed by atoms with van der Waals surface area (Å²) in [5.74, 6) is 0.936. The van der Waals surface area contributed by atoms with Crippen molar-refractivity contribution in [1.29, 1.82) is 0 Å². The monoisotopic (exact) mass is 310 g/mol. The van der Waals surface area contributed by atoms with Crippen molar-refractivity contribution in [3.05, 3.63) is 76.9 Å². The zero-order valence-electron chi connectivity index (χ0n) is 14.3. The van der Waals surface area contributed by atoms with Gasteiger partial charge in [0.05, 0.1) is 6.61 Å². The quantitative estimate of drug-likeness (QED) is 0.729. The van der Waals surface area contributed by atoms with Gasteiger partial charge in [0.15, 0.2) is 0 Å².